The van der Waals surface area contributed by atoms with Gasteiger partial charge in [0.15, 0.2) is 0 Å². The standard InChI is InChI=1S/C15H25N3O3/c1-16(2)14(20)18-10-15(11-18)12(6-9-21-15)5-8-17-7-3-4-13(17)19/h12H,3-11H2,1-2H3/t12-/m0/s1. The third-order valence-electron chi connectivity index (χ3n) is 5.09. The van der Waals surface area contributed by atoms with Crippen LogP contribution in [0.1, 0.15) is 25.7 Å². The van der Waals surface area contributed by atoms with Crippen molar-refractivity contribution in [1.82, 2.24) is 14.7 Å². The maximum Gasteiger partial charge on any atom is 0.319 e. The Bertz CT molecular complexity index is 432. The zero-order valence-corrected chi connectivity index (χ0v) is 13.0. The van der Waals surface area contributed by atoms with Crippen molar-refractivity contribution in [2.24, 2.45) is 5.92 Å². The largest absolute Gasteiger partial charge is 0.371 e. The number of hydrogen-bond acceptors (Lipinski definition) is 3. The predicted octanol–water partition coefficient (Wildman–Crippen LogP) is 0.771. The Morgan fingerprint density at radius 2 is 2.19 bits per heavy atom. The molecule has 1 spiro atoms. The van der Waals surface area contributed by atoms with Gasteiger partial charge in [0.2, 0.25) is 5.91 Å². The molecule has 1 atom stereocenters. The summed E-state index contributed by atoms with van der Waals surface area (Å²) in [6, 6.07) is 0.0598. The normalized spacial score (nSPS) is 27.3. The van der Waals surface area contributed by atoms with Crippen molar-refractivity contribution in [1.29, 1.82) is 0 Å². The van der Waals surface area contributed by atoms with Gasteiger partial charge in [-0.2, -0.15) is 0 Å². The molecule has 3 saturated heterocycles. The molecule has 3 heterocycles. The summed E-state index contributed by atoms with van der Waals surface area (Å²) < 4.78 is 5.98. The minimum absolute atomic E-state index is 0.0598. The average molecular weight is 295 g/mol. The maximum absolute atomic E-state index is 11.9. The number of rotatable bonds is 3. The zero-order valence-electron chi connectivity index (χ0n) is 13.0. The number of likely N-dealkylation sites (tertiary alicyclic amines) is 2. The third-order valence-corrected chi connectivity index (χ3v) is 5.09. The fourth-order valence-corrected chi connectivity index (χ4v) is 3.81. The van der Waals surface area contributed by atoms with E-state index in [4.69, 9.17) is 4.74 Å². The summed E-state index contributed by atoms with van der Waals surface area (Å²) in [7, 11) is 3.55. The molecular weight excluding hydrogens is 270 g/mol. The molecule has 118 valence electrons. The topological polar surface area (TPSA) is 53.1 Å². The summed E-state index contributed by atoms with van der Waals surface area (Å²) in [5.74, 6) is 0.762. The van der Waals surface area contributed by atoms with Gasteiger partial charge < -0.3 is 19.4 Å². The van der Waals surface area contributed by atoms with Gasteiger partial charge in [-0.05, 0) is 25.2 Å². The fourth-order valence-electron chi connectivity index (χ4n) is 3.81. The lowest BCUT2D eigenvalue weighted by Crippen LogP contribution is -2.67. The molecule has 3 amide bonds. The van der Waals surface area contributed by atoms with Crippen LogP contribution in [0.3, 0.4) is 0 Å². The highest BCUT2D eigenvalue weighted by molar-refractivity contribution is 5.78. The SMILES string of the molecule is CN(C)C(=O)N1CC2(C1)OCC[C@@H]2CCN1CCCC1=O. The third kappa shape index (κ3) is 2.61. The van der Waals surface area contributed by atoms with E-state index >= 15 is 0 Å². The van der Waals surface area contributed by atoms with Gasteiger partial charge in [0.05, 0.1) is 13.1 Å². The average Bonchev–Trinajstić information content (AvgIpc) is 2.99. The molecule has 0 radical (unpaired) electrons. The molecule has 0 aromatic carbocycles. The van der Waals surface area contributed by atoms with Crippen molar-refractivity contribution in [2.45, 2.75) is 31.3 Å². The molecule has 0 aromatic rings. The van der Waals surface area contributed by atoms with E-state index in [1.165, 1.54) is 0 Å². The van der Waals surface area contributed by atoms with E-state index in [0.29, 0.717) is 31.3 Å². The van der Waals surface area contributed by atoms with E-state index in [2.05, 4.69) is 0 Å². The first-order chi connectivity index (χ1) is 10.0. The van der Waals surface area contributed by atoms with Gasteiger partial charge in [-0.25, -0.2) is 4.79 Å². The monoisotopic (exact) mass is 295 g/mol. The molecule has 0 saturated carbocycles. The van der Waals surface area contributed by atoms with Crippen molar-refractivity contribution >= 4 is 11.9 Å². The van der Waals surface area contributed by atoms with Crippen molar-refractivity contribution in [2.75, 3.05) is 46.9 Å². The molecule has 3 aliphatic rings. The van der Waals surface area contributed by atoms with E-state index < -0.39 is 0 Å². The summed E-state index contributed by atoms with van der Waals surface area (Å²) in [4.78, 5) is 29.0. The van der Waals surface area contributed by atoms with Crippen molar-refractivity contribution < 1.29 is 14.3 Å². The molecule has 6 nitrogen and oxygen atoms in total. The Hall–Kier alpha value is -1.30. The van der Waals surface area contributed by atoms with Gasteiger partial charge >= 0.3 is 6.03 Å². The number of urea groups is 1. The Labute approximate surface area is 126 Å². The first-order valence-corrected chi connectivity index (χ1v) is 7.90. The Morgan fingerprint density at radius 1 is 1.43 bits per heavy atom. The lowest BCUT2D eigenvalue weighted by molar-refractivity contribution is -0.130. The molecule has 0 aromatic heterocycles. The lowest BCUT2D eigenvalue weighted by atomic mass is 9.79. The van der Waals surface area contributed by atoms with Crippen LogP contribution in [0.25, 0.3) is 0 Å². The number of amides is 3. The van der Waals surface area contributed by atoms with Crippen LogP contribution in [0.5, 0.6) is 0 Å². The van der Waals surface area contributed by atoms with E-state index in [-0.39, 0.29) is 11.6 Å². The highest BCUT2D eigenvalue weighted by atomic mass is 16.5. The predicted molar refractivity (Wildman–Crippen MR) is 77.9 cm³/mol. The lowest BCUT2D eigenvalue weighted by Gasteiger charge is -2.50. The number of nitrogens with zero attached hydrogens (tertiary/aromatic N) is 3. The van der Waals surface area contributed by atoms with Crippen LogP contribution >= 0.6 is 0 Å². The molecule has 3 fully saturated rings. The Balaban J connectivity index is 1.52. The van der Waals surface area contributed by atoms with Gasteiger partial charge in [0.25, 0.3) is 0 Å². The second-order valence-electron chi connectivity index (χ2n) is 6.70. The summed E-state index contributed by atoms with van der Waals surface area (Å²) in [5, 5.41) is 0. The molecule has 0 N–H and O–H groups in total. The maximum atomic E-state index is 11.9. The molecule has 0 unspecified atom stereocenters. The van der Waals surface area contributed by atoms with Crippen LogP contribution in [-0.2, 0) is 9.53 Å². The quantitative estimate of drug-likeness (QED) is 0.773. The van der Waals surface area contributed by atoms with Crippen LogP contribution in [0.2, 0.25) is 0 Å². The van der Waals surface area contributed by atoms with E-state index in [0.717, 1.165) is 39.0 Å². The summed E-state index contributed by atoms with van der Waals surface area (Å²) in [6.45, 7) is 3.93. The van der Waals surface area contributed by atoms with Crippen molar-refractivity contribution in [3.05, 3.63) is 0 Å². The van der Waals surface area contributed by atoms with Gasteiger partial charge in [-0.15, -0.1) is 0 Å². The number of carbonyl (C=O) groups is 2. The van der Waals surface area contributed by atoms with Crippen molar-refractivity contribution in [3.63, 3.8) is 0 Å². The molecular formula is C15H25N3O3. The fraction of sp³-hybridized carbons (Fsp3) is 0.867. The van der Waals surface area contributed by atoms with Gasteiger partial charge in [0, 0.05) is 40.2 Å². The van der Waals surface area contributed by atoms with Crippen LogP contribution in [0.4, 0.5) is 4.79 Å². The van der Waals surface area contributed by atoms with Crippen LogP contribution in [0, 0.1) is 5.92 Å². The van der Waals surface area contributed by atoms with Crippen LogP contribution in [0.15, 0.2) is 0 Å². The smallest absolute Gasteiger partial charge is 0.319 e. The second-order valence-corrected chi connectivity index (χ2v) is 6.70. The number of hydrogen-bond donors (Lipinski definition) is 0. The molecule has 3 aliphatic heterocycles. The van der Waals surface area contributed by atoms with Crippen molar-refractivity contribution in [3.8, 4) is 0 Å². The first-order valence-electron chi connectivity index (χ1n) is 7.90. The molecule has 3 rings (SSSR count). The number of carbonyl (C=O) groups excluding carboxylic acids is 2. The van der Waals surface area contributed by atoms with E-state index in [1.807, 2.05) is 9.80 Å². The number of ether oxygens (including phenoxy) is 1. The van der Waals surface area contributed by atoms with Gasteiger partial charge in [0.1, 0.15) is 5.60 Å². The molecule has 0 bridgehead atoms. The summed E-state index contributed by atoms with van der Waals surface area (Å²) in [6.07, 6.45) is 3.75. The minimum Gasteiger partial charge on any atom is -0.371 e. The Morgan fingerprint density at radius 3 is 2.81 bits per heavy atom. The van der Waals surface area contributed by atoms with E-state index in [9.17, 15) is 9.59 Å². The van der Waals surface area contributed by atoms with Crippen LogP contribution in [-0.4, -0.2) is 79.1 Å². The molecule has 6 heteroatoms. The van der Waals surface area contributed by atoms with Gasteiger partial charge in [-0.1, -0.05) is 0 Å². The highest BCUT2D eigenvalue weighted by Gasteiger charge is 2.54. The van der Waals surface area contributed by atoms with E-state index in [1.54, 1.807) is 19.0 Å². The Kier molecular flexibility index (Phi) is 3.82. The highest BCUT2D eigenvalue weighted by Crippen LogP contribution is 2.42. The summed E-state index contributed by atoms with van der Waals surface area (Å²) in [5.41, 5.74) is -0.144. The molecule has 21 heavy (non-hydrogen) atoms. The zero-order chi connectivity index (χ0) is 15.0. The second kappa shape index (κ2) is 5.48. The van der Waals surface area contributed by atoms with Crippen LogP contribution < -0.4 is 0 Å². The first kappa shape index (κ1) is 14.6. The van der Waals surface area contributed by atoms with Gasteiger partial charge in [-0.3, -0.25) is 4.79 Å². The summed E-state index contributed by atoms with van der Waals surface area (Å²) >= 11 is 0. The molecule has 0 aliphatic carbocycles. The minimum atomic E-state index is -0.144.